The van der Waals surface area contributed by atoms with Gasteiger partial charge in [0.25, 0.3) is 0 Å². The van der Waals surface area contributed by atoms with Gasteiger partial charge >= 0.3 is 0 Å². The number of hydrogen-bond donors (Lipinski definition) is 1. The van der Waals surface area contributed by atoms with Crippen molar-refractivity contribution in [2.45, 2.75) is 13.5 Å². The maximum Gasteiger partial charge on any atom is 0.0930 e. The number of fused-ring (bicyclic) bond motifs is 1. The van der Waals surface area contributed by atoms with Crippen molar-refractivity contribution in [3.63, 3.8) is 0 Å². The molecular formula is C11H14N2O. The third kappa shape index (κ3) is 1.41. The van der Waals surface area contributed by atoms with E-state index in [-0.39, 0.29) is 0 Å². The number of benzene rings is 1. The summed E-state index contributed by atoms with van der Waals surface area (Å²) in [5.74, 6) is 5.04. The lowest BCUT2D eigenvalue weighted by atomic mass is 10.1. The van der Waals surface area contributed by atoms with Gasteiger partial charge in [-0.3, -0.25) is 4.84 Å². The molecule has 2 aromatic rings. The average molecular weight is 190 g/mol. The summed E-state index contributed by atoms with van der Waals surface area (Å²) in [5, 5.41) is 1.27. The summed E-state index contributed by atoms with van der Waals surface area (Å²) in [4.78, 5) is 4.62. The first-order valence-corrected chi connectivity index (χ1v) is 4.58. The zero-order valence-electron chi connectivity index (χ0n) is 8.45. The number of aryl methyl sites for hydroxylation is 2. The molecule has 1 aromatic heterocycles. The minimum atomic E-state index is 0.463. The van der Waals surface area contributed by atoms with Crippen LogP contribution >= 0.6 is 0 Å². The summed E-state index contributed by atoms with van der Waals surface area (Å²) >= 11 is 0. The van der Waals surface area contributed by atoms with Gasteiger partial charge in [0.2, 0.25) is 0 Å². The Labute approximate surface area is 83.0 Å². The van der Waals surface area contributed by atoms with E-state index < -0.39 is 0 Å². The van der Waals surface area contributed by atoms with Gasteiger partial charge in [0.1, 0.15) is 0 Å². The highest BCUT2D eigenvalue weighted by Gasteiger charge is 2.03. The van der Waals surface area contributed by atoms with Crippen LogP contribution in [0.1, 0.15) is 11.1 Å². The van der Waals surface area contributed by atoms with Crippen LogP contribution in [0.5, 0.6) is 0 Å². The van der Waals surface area contributed by atoms with E-state index in [1.807, 2.05) is 6.07 Å². The van der Waals surface area contributed by atoms with Gasteiger partial charge in [-0.05, 0) is 30.2 Å². The molecule has 0 saturated carbocycles. The maximum atomic E-state index is 5.04. The van der Waals surface area contributed by atoms with E-state index in [0.29, 0.717) is 6.61 Å². The van der Waals surface area contributed by atoms with Gasteiger partial charge in [-0.1, -0.05) is 6.07 Å². The molecule has 0 atom stereocenters. The standard InChI is InChI=1S/C11H14N2O/c1-8-6-13(2)11-4-3-9(7-14-12)5-10(8)11/h3-6H,7,12H2,1-2H3. The van der Waals surface area contributed by atoms with Gasteiger partial charge in [0.15, 0.2) is 0 Å². The Hall–Kier alpha value is -1.32. The minimum Gasteiger partial charge on any atom is -0.350 e. The fourth-order valence-corrected chi connectivity index (χ4v) is 1.82. The molecule has 74 valence electrons. The van der Waals surface area contributed by atoms with Crippen molar-refractivity contribution in [2.24, 2.45) is 12.9 Å². The summed E-state index contributed by atoms with van der Waals surface area (Å²) < 4.78 is 2.12. The molecule has 2 rings (SSSR count). The van der Waals surface area contributed by atoms with Gasteiger partial charge < -0.3 is 4.57 Å². The van der Waals surface area contributed by atoms with Crippen molar-refractivity contribution in [1.29, 1.82) is 0 Å². The molecular weight excluding hydrogens is 176 g/mol. The second-order valence-corrected chi connectivity index (χ2v) is 3.59. The highest BCUT2D eigenvalue weighted by Crippen LogP contribution is 2.21. The van der Waals surface area contributed by atoms with Crippen LogP contribution in [-0.2, 0) is 18.5 Å². The van der Waals surface area contributed by atoms with E-state index in [4.69, 9.17) is 5.90 Å². The van der Waals surface area contributed by atoms with Crippen LogP contribution in [0.2, 0.25) is 0 Å². The highest BCUT2D eigenvalue weighted by molar-refractivity contribution is 5.84. The highest BCUT2D eigenvalue weighted by atomic mass is 16.6. The average Bonchev–Trinajstić information content (AvgIpc) is 2.43. The Kier molecular flexibility index (Phi) is 2.27. The van der Waals surface area contributed by atoms with Crippen LogP contribution < -0.4 is 5.90 Å². The fourth-order valence-electron chi connectivity index (χ4n) is 1.82. The van der Waals surface area contributed by atoms with Crippen LogP contribution in [0.4, 0.5) is 0 Å². The smallest absolute Gasteiger partial charge is 0.0930 e. The van der Waals surface area contributed by atoms with Crippen LogP contribution in [0.3, 0.4) is 0 Å². The normalized spacial score (nSPS) is 11.1. The first kappa shape index (κ1) is 9.24. The third-order valence-electron chi connectivity index (χ3n) is 2.50. The Morgan fingerprint density at radius 1 is 1.43 bits per heavy atom. The van der Waals surface area contributed by atoms with Crippen LogP contribution in [0, 0.1) is 6.92 Å². The number of nitrogens with zero attached hydrogens (tertiary/aromatic N) is 1. The van der Waals surface area contributed by atoms with Crippen molar-refractivity contribution in [3.05, 3.63) is 35.5 Å². The van der Waals surface area contributed by atoms with Crippen molar-refractivity contribution in [1.82, 2.24) is 4.57 Å². The van der Waals surface area contributed by atoms with Gasteiger partial charge in [-0.15, -0.1) is 0 Å². The van der Waals surface area contributed by atoms with Gasteiger partial charge in [-0.2, -0.15) is 0 Å². The predicted molar refractivity (Wildman–Crippen MR) is 56.6 cm³/mol. The summed E-state index contributed by atoms with van der Waals surface area (Å²) in [6.45, 7) is 2.57. The lowest BCUT2D eigenvalue weighted by molar-refractivity contribution is 0.124. The molecule has 3 nitrogen and oxygen atoms in total. The molecule has 1 heterocycles. The zero-order valence-corrected chi connectivity index (χ0v) is 8.45. The van der Waals surface area contributed by atoms with Crippen LogP contribution in [-0.4, -0.2) is 4.57 Å². The van der Waals surface area contributed by atoms with E-state index in [1.165, 1.54) is 16.5 Å². The summed E-state index contributed by atoms with van der Waals surface area (Å²) in [5.41, 5.74) is 3.62. The number of nitrogens with two attached hydrogens (primary N) is 1. The molecule has 0 bridgehead atoms. The summed E-state index contributed by atoms with van der Waals surface area (Å²) in [6, 6.07) is 6.25. The minimum absolute atomic E-state index is 0.463. The fraction of sp³-hybridized carbons (Fsp3) is 0.273. The molecule has 0 amide bonds. The predicted octanol–water partition coefficient (Wildman–Crippen LogP) is 1.88. The molecule has 0 radical (unpaired) electrons. The monoisotopic (exact) mass is 190 g/mol. The first-order valence-electron chi connectivity index (χ1n) is 4.58. The molecule has 0 unspecified atom stereocenters. The second kappa shape index (κ2) is 3.44. The van der Waals surface area contributed by atoms with Crippen molar-refractivity contribution >= 4 is 10.9 Å². The lowest BCUT2D eigenvalue weighted by Crippen LogP contribution is -1.98. The molecule has 0 aliphatic heterocycles. The van der Waals surface area contributed by atoms with E-state index >= 15 is 0 Å². The van der Waals surface area contributed by atoms with Gasteiger partial charge in [0.05, 0.1) is 6.61 Å². The Morgan fingerprint density at radius 3 is 2.93 bits per heavy atom. The Bertz CT molecular complexity index is 460. The molecule has 3 heteroatoms. The Balaban J connectivity index is 2.59. The number of rotatable bonds is 2. The first-order chi connectivity index (χ1) is 6.72. The lowest BCUT2D eigenvalue weighted by Gasteiger charge is -2.00. The van der Waals surface area contributed by atoms with Crippen molar-refractivity contribution in [3.8, 4) is 0 Å². The third-order valence-corrected chi connectivity index (χ3v) is 2.50. The topological polar surface area (TPSA) is 40.2 Å². The molecule has 2 N–H and O–H groups in total. The number of aromatic nitrogens is 1. The van der Waals surface area contributed by atoms with Gasteiger partial charge in [-0.25, -0.2) is 5.90 Å². The summed E-state index contributed by atoms with van der Waals surface area (Å²) in [7, 11) is 2.05. The van der Waals surface area contributed by atoms with E-state index in [2.05, 4.69) is 41.7 Å². The van der Waals surface area contributed by atoms with Gasteiger partial charge in [0, 0.05) is 24.1 Å². The molecule has 0 fully saturated rings. The second-order valence-electron chi connectivity index (χ2n) is 3.59. The molecule has 14 heavy (non-hydrogen) atoms. The summed E-state index contributed by atoms with van der Waals surface area (Å²) in [6.07, 6.45) is 2.12. The van der Waals surface area contributed by atoms with Crippen LogP contribution in [0.15, 0.2) is 24.4 Å². The van der Waals surface area contributed by atoms with Crippen molar-refractivity contribution in [2.75, 3.05) is 0 Å². The maximum absolute atomic E-state index is 5.04. The molecule has 1 aromatic carbocycles. The van der Waals surface area contributed by atoms with E-state index in [0.717, 1.165) is 5.56 Å². The zero-order chi connectivity index (χ0) is 10.1. The van der Waals surface area contributed by atoms with Crippen molar-refractivity contribution < 1.29 is 4.84 Å². The SMILES string of the molecule is Cc1cn(C)c2ccc(CON)cc12. The van der Waals surface area contributed by atoms with Crippen LogP contribution in [0.25, 0.3) is 10.9 Å². The molecule has 0 aliphatic carbocycles. The number of hydrogen-bond acceptors (Lipinski definition) is 2. The largest absolute Gasteiger partial charge is 0.350 e. The molecule has 0 spiro atoms. The molecule has 0 saturated heterocycles. The quantitative estimate of drug-likeness (QED) is 0.734. The Morgan fingerprint density at radius 2 is 2.21 bits per heavy atom. The molecule has 0 aliphatic rings. The van der Waals surface area contributed by atoms with E-state index in [9.17, 15) is 0 Å². The van der Waals surface area contributed by atoms with E-state index in [1.54, 1.807) is 0 Å².